The predicted molar refractivity (Wildman–Crippen MR) is 154 cm³/mol. The Morgan fingerprint density at radius 3 is 2.69 bits per heavy atom. The summed E-state index contributed by atoms with van der Waals surface area (Å²) in [6, 6.07) is 21.6. The van der Waals surface area contributed by atoms with Crippen molar-refractivity contribution < 1.29 is 9.53 Å². The van der Waals surface area contributed by atoms with Crippen LogP contribution in [-0.4, -0.2) is 66.7 Å². The lowest BCUT2D eigenvalue weighted by atomic mass is 9.89. The van der Waals surface area contributed by atoms with E-state index in [1.54, 1.807) is 0 Å². The normalized spacial score (nSPS) is 20.9. The highest BCUT2D eigenvalue weighted by atomic mass is 16.6. The van der Waals surface area contributed by atoms with Crippen LogP contribution >= 0.6 is 0 Å². The van der Waals surface area contributed by atoms with Gasteiger partial charge in [0.25, 0.3) is 0 Å². The standard InChI is InChI=1S/C32H39N5O2/c1-35(30-14-5-10-25-12-7-15-33-31(25)30)22-27-20-28-26(21-34-27)11-6-13-29(28)36-16-18-37(19-17-36)32(38)39-23-24-8-3-2-4-9-24/h2-4,6-9,11-13,15,27,30,34H,5,10,14,16-23H2,1H3. The van der Waals surface area contributed by atoms with Crippen molar-refractivity contribution >= 4 is 11.8 Å². The average molecular weight is 526 g/mol. The number of aromatic nitrogens is 1. The number of carbonyl (C=O) groups excluding carboxylic acids is 1. The van der Waals surface area contributed by atoms with E-state index in [0.717, 1.165) is 44.6 Å². The average Bonchev–Trinajstić information content (AvgIpc) is 3.00. The van der Waals surface area contributed by atoms with Crippen LogP contribution in [0.5, 0.6) is 0 Å². The summed E-state index contributed by atoms with van der Waals surface area (Å²) >= 11 is 0. The van der Waals surface area contributed by atoms with Gasteiger partial charge in [0.1, 0.15) is 6.61 Å². The van der Waals surface area contributed by atoms with Gasteiger partial charge in [-0.2, -0.15) is 0 Å². The van der Waals surface area contributed by atoms with Gasteiger partial charge in [0.15, 0.2) is 0 Å². The Morgan fingerprint density at radius 2 is 1.85 bits per heavy atom. The van der Waals surface area contributed by atoms with E-state index in [1.165, 1.54) is 40.9 Å². The Hall–Kier alpha value is -3.42. The molecule has 0 radical (unpaired) electrons. The van der Waals surface area contributed by atoms with Crippen molar-refractivity contribution in [2.75, 3.05) is 44.7 Å². The number of pyridine rings is 1. The first-order valence-corrected chi connectivity index (χ1v) is 14.3. The van der Waals surface area contributed by atoms with E-state index in [-0.39, 0.29) is 6.09 Å². The first-order valence-electron chi connectivity index (χ1n) is 14.3. The molecule has 0 bridgehead atoms. The summed E-state index contributed by atoms with van der Waals surface area (Å²) in [4.78, 5) is 24.2. The highest BCUT2D eigenvalue weighted by molar-refractivity contribution is 5.68. The molecule has 3 aromatic rings. The van der Waals surface area contributed by atoms with Gasteiger partial charge in [0.2, 0.25) is 0 Å². The highest BCUT2D eigenvalue weighted by Gasteiger charge is 2.30. The molecule has 1 saturated heterocycles. The lowest BCUT2D eigenvalue weighted by molar-refractivity contribution is 0.0942. The number of anilines is 1. The molecule has 2 atom stereocenters. The van der Waals surface area contributed by atoms with E-state index >= 15 is 0 Å². The number of fused-ring (bicyclic) bond motifs is 2. The molecule has 2 unspecified atom stereocenters. The lowest BCUT2D eigenvalue weighted by Crippen LogP contribution is -2.50. The topological polar surface area (TPSA) is 60.9 Å². The molecule has 1 amide bonds. The number of likely N-dealkylation sites (N-methyl/N-ethyl adjacent to an activating group) is 1. The van der Waals surface area contributed by atoms with E-state index in [0.29, 0.717) is 31.8 Å². The lowest BCUT2D eigenvalue weighted by Gasteiger charge is -2.39. The summed E-state index contributed by atoms with van der Waals surface area (Å²) in [5, 5.41) is 3.80. The molecule has 1 N–H and O–H groups in total. The zero-order chi connectivity index (χ0) is 26.6. The van der Waals surface area contributed by atoms with Crippen molar-refractivity contribution in [1.29, 1.82) is 0 Å². The molecule has 1 aromatic heterocycles. The van der Waals surface area contributed by atoms with Gasteiger partial charge in [-0.25, -0.2) is 4.79 Å². The van der Waals surface area contributed by atoms with E-state index < -0.39 is 0 Å². The number of piperazine rings is 1. The van der Waals surface area contributed by atoms with Crippen LogP contribution in [0.15, 0.2) is 66.9 Å². The molecular weight excluding hydrogens is 486 g/mol. The SMILES string of the molecule is CN(CC1Cc2c(cccc2N2CCN(C(=O)OCc3ccccc3)CC2)CN1)C1CCCc2cccnc21. The number of hydrogen-bond donors (Lipinski definition) is 1. The summed E-state index contributed by atoms with van der Waals surface area (Å²) < 4.78 is 5.57. The summed E-state index contributed by atoms with van der Waals surface area (Å²) in [6.45, 7) is 5.20. The summed E-state index contributed by atoms with van der Waals surface area (Å²) in [5.41, 5.74) is 7.86. The van der Waals surface area contributed by atoms with Crippen LogP contribution in [-0.2, 0) is 30.7 Å². The summed E-state index contributed by atoms with van der Waals surface area (Å²) in [7, 11) is 2.26. The second-order valence-electron chi connectivity index (χ2n) is 11.1. The number of carbonyl (C=O) groups is 1. The third-order valence-electron chi connectivity index (χ3n) is 8.57. The molecule has 1 aliphatic carbocycles. The van der Waals surface area contributed by atoms with Gasteiger partial charge >= 0.3 is 6.09 Å². The van der Waals surface area contributed by atoms with Gasteiger partial charge < -0.3 is 19.9 Å². The maximum Gasteiger partial charge on any atom is 0.410 e. The van der Waals surface area contributed by atoms with Crippen LogP contribution in [0.4, 0.5) is 10.5 Å². The van der Waals surface area contributed by atoms with Crippen LogP contribution in [0.2, 0.25) is 0 Å². The third-order valence-corrected chi connectivity index (χ3v) is 8.57. The molecule has 2 aromatic carbocycles. The number of hydrogen-bond acceptors (Lipinski definition) is 6. The van der Waals surface area contributed by atoms with Crippen LogP contribution in [0.25, 0.3) is 0 Å². The zero-order valence-corrected chi connectivity index (χ0v) is 22.9. The number of amides is 1. The quantitative estimate of drug-likeness (QED) is 0.509. The Bertz CT molecular complexity index is 1270. The number of benzene rings is 2. The summed E-state index contributed by atoms with van der Waals surface area (Å²) in [5.74, 6) is 0. The fourth-order valence-corrected chi connectivity index (χ4v) is 6.45. The van der Waals surface area contributed by atoms with Gasteiger partial charge in [-0.3, -0.25) is 9.88 Å². The van der Waals surface area contributed by atoms with Gasteiger partial charge in [-0.05, 0) is 67.1 Å². The third kappa shape index (κ3) is 5.80. The minimum Gasteiger partial charge on any atom is -0.445 e. The van der Waals surface area contributed by atoms with Gasteiger partial charge in [-0.15, -0.1) is 0 Å². The monoisotopic (exact) mass is 525 g/mol. The number of nitrogens with one attached hydrogen (secondary N) is 1. The van der Waals surface area contributed by atoms with E-state index in [9.17, 15) is 4.79 Å². The minimum absolute atomic E-state index is 0.223. The molecular formula is C32H39N5O2. The molecule has 7 nitrogen and oxygen atoms in total. The Kier molecular flexibility index (Phi) is 7.79. The van der Waals surface area contributed by atoms with Crippen molar-refractivity contribution in [3.8, 4) is 0 Å². The predicted octanol–water partition coefficient (Wildman–Crippen LogP) is 4.56. The molecule has 6 rings (SSSR count). The molecule has 39 heavy (non-hydrogen) atoms. The molecule has 2 aliphatic heterocycles. The van der Waals surface area contributed by atoms with E-state index in [4.69, 9.17) is 9.72 Å². The largest absolute Gasteiger partial charge is 0.445 e. The smallest absolute Gasteiger partial charge is 0.410 e. The Morgan fingerprint density at radius 1 is 1.03 bits per heavy atom. The highest BCUT2D eigenvalue weighted by Crippen LogP contribution is 2.33. The Labute approximate surface area is 231 Å². The fourth-order valence-electron chi connectivity index (χ4n) is 6.45. The van der Waals surface area contributed by atoms with Crippen LogP contribution in [0.1, 0.15) is 46.8 Å². The van der Waals surface area contributed by atoms with Crippen molar-refractivity contribution in [2.24, 2.45) is 0 Å². The van der Waals surface area contributed by atoms with Crippen molar-refractivity contribution in [2.45, 2.75) is 50.9 Å². The van der Waals surface area contributed by atoms with Gasteiger partial charge in [0, 0.05) is 57.2 Å². The first kappa shape index (κ1) is 25.8. The minimum atomic E-state index is -0.223. The second kappa shape index (κ2) is 11.8. The number of aryl methyl sites for hydroxylation is 1. The van der Waals surface area contributed by atoms with Crippen LogP contribution < -0.4 is 10.2 Å². The van der Waals surface area contributed by atoms with E-state index in [2.05, 4.69) is 52.5 Å². The second-order valence-corrected chi connectivity index (χ2v) is 11.1. The van der Waals surface area contributed by atoms with Crippen molar-refractivity contribution in [1.82, 2.24) is 20.1 Å². The molecule has 0 saturated carbocycles. The zero-order valence-electron chi connectivity index (χ0n) is 22.9. The maximum atomic E-state index is 12.7. The van der Waals surface area contributed by atoms with Crippen molar-refractivity contribution in [3.05, 3.63) is 94.8 Å². The first-order chi connectivity index (χ1) is 19.2. The molecule has 7 heteroatoms. The molecule has 0 spiro atoms. The molecule has 204 valence electrons. The van der Waals surface area contributed by atoms with Gasteiger partial charge in [-0.1, -0.05) is 48.5 Å². The number of rotatable bonds is 6. The fraction of sp³-hybridized carbons (Fsp3) is 0.438. The van der Waals surface area contributed by atoms with Crippen LogP contribution in [0.3, 0.4) is 0 Å². The number of ether oxygens (including phenoxy) is 1. The van der Waals surface area contributed by atoms with Gasteiger partial charge in [0.05, 0.1) is 11.7 Å². The van der Waals surface area contributed by atoms with Crippen molar-refractivity contribution in [3.63, 3.8) is 0 Å². The molecule has 3 heterocycles. The summed E-state index contributed by atoms with van der Waals surface area (Å²) in [6.07, 6.45) is 6.27. The van der Waals surface area contributed by atoms with E-state index in [1.807, 2.05) is 41.4 Å². The Balaban J connectivity index is 1.07. The molecule has 3 aliphatic rings. The molecule has 1 fully saturated rings. The maximum absolute atomic E-state index is 12.7. The number of nitrogens with zero attached hydrogens (tertiary/aromatic N) is 4. The van der Waals surface area contributed by atoms with Crippen LogP contribution in [0, 0.1) is 0 Å².